The Kier molecular flexibility index (Phi) is 6.63. The summed E-state index contributed by atoms with van der Waals surface area (Å²) < 4.78 is 4.08. The topological polar surface area (TPSA) is 3.24 Å². The Morgan fingerprint density at radius 3 is 1.43 bits per heavy atom. The van der Waals surface area contributed by atoms with Crippen molar-refractivity contribution in [2.45, 2.75) is 38.3 Å². The van der Waals surface area contributed by atoms with Crippen molar-refractivity contribution in [3.8, 4) is 0 Å². The zero-order valence-electron chi connectivity index (χ0n) is 17.3. The van der Waals surface area contributed by atoms with Crippen molar-refractivity contribution in [3.05, 3.63) is 101 Å². The van der Waals surface area contributed by atoms with Gasteiger partial charge in [0.15, 0.2) is 0 Å². The second-order valence-corrected chi connectivity index (χ2v) is 18.9. The van der Waals surface area contributed by atoms with Crippen molar-refractivity contribution >= 4 is 38.1 Å². The number of para-hydroxylation sites is 1. The van der Waals surface area contributed by atoms with Crippen molar-refractivity contribution < 1.29 is 0 Å². The van der Waals surface area contributed by atoms with E-state index in [1.807, 2.05) is 0 Å². The van der Waals surface area contributed by atoms with Crippen molar-refractivity contribution in [1.82, 2.24) is 0 Å². The van der Waals surface area contributed by atoms with E-state index in [0.29, 0.717) is 0 Å². The highest BCUT2D eigenvalue weighted by molar-refractivity contribution is 9.10. The van der Waals surface area contributed by atoms with E-state index in [2.05, 4.69) is 131 Å². The number of rotatable bonds is 7. The highest BCUT2D eigenvalue weighted by atomic mass is 79.9. The van der Waals surface area contributed by atoms with Gasteiger partial charge >= 0.3 is 0 Å². The van der Waals surface area contributed by atoms with Crippen LogP contribution in [-0.4, -0.2) is 16.5 Å². The second kappa shape index (κ2) is 8.81. The number of anilines is 1. The molecule has 0 aliphatic carbocycles. The number of halogens is 1. The fourth-order valence-electron chi connectivity index (χ4n) is 4.45. The first-order chi connectivity index (χ1) is 13.3. The van der Waals surface area contributed by atoms with Gasteiger partial charge in [-0.1, -0.05) is 99.0 Å². The lowest BCUT2D eigenvalue weighted by Crippen LogP contribution is -2.65. The predicted molar refractivity (Wildman–Crippen MR) is 132 cm³/mol. The molecule has 0 fully saturated rings. The number of hydrogen-bond acceptors (Lipinski definition) is 1. The average molecular weight is 469 g/mol. The largest absolute Gasteiger partial charge is 0.423 e. The molecular formula is C24H30BrNSi2. The van der Waals surface area contributed by atoms with Gasteiger partial charge in [-0.2, -0.15) is 0 Å². The predicted octanol–water partition coefficient (Wildman–Crippen LogP) is 7.23. The molecule has 0 heterocycles. The molecule has 146 valence electrons. The molecule has 0 spiro atoms. The third kappa shape index (κ3) is 5.05. The average Bonchev–Trinajstić information content (AvgIpc) is 2.64. The van der Waals surface area contributed by atoms with Gasteiger partial charge in [-0.15, -0.1) is 0 Å². The summed E-state index contributed by atoms with van der Waals surface area (Å²) in [5, 5.41) is 0. The lowest BCUT2D eigenvalue weighted by atomic mass is 10.2. The van der Waals surface area contributed by atoms with Crippen LogP contribution in [0.5, 0.6) is 0 Å². The monoisotopic (exact) mass is 467 g/mol. The Labute approximate surface area is 180 Å². The first kappa shape index (κ1) is 21.1. The molecule has 3 rings (SSSR count). The molecule has 0 bridgehead atoms. The Morgan fingerprint density at radius 1 is 0.607 bits per heavy atom. The van der Waals surface area contributed by atoms with Crippen LogP contribution in [0.15, 0.2) is 89.4 Å². The molecule has 0 radical (unpaired) electrons. The molecule has 0 saturated heterocycles. The summed E-state index contributed by atoms with van der Waals surface area (Å²) in [6.07, 6.45) is 0. The minimum atomic E-state index is -1.77. The van der Waals surface area contributed by atoms with Gasteiger partial charge in [0.1, 0.15) is 16.5 Å². The zero-order chi connectivity index (χ0) is 20.2. The molecule has 0 amide bonds. The quantitative estimate of drug-likeness (QED) is 0.331. The van der Waals surface area contributed by atoms with E-state index in [0.717, 1.165) is 12.1 Å². The van der Waals surface area contributed by atoms with Crippen LogP contribution in [-0.2, 0) is 12.1 Å². The summed E-state index contributed by atoms with van der Waals surface area (Å²) in [6.45, 7) is 10.1. The Bertz CT molecular complexity index is 841. The molecule has 0 aromatic heterocycles. The summed E-state index contributed by atoms with van der Waals surface area (Å²) in [5.41, 5.74) is 4.25. The number of hydrogen-bond donors (Lipinski definition) is 0. The molecule has 0 unspecified atom stereocenters. The van der Waals surface area contributed by atoms with E-state index in [9.17, 15) is 0 Å². The second-order valence-electron chi connectivity index (χ2n) is 8.74. The van der Waals surface area contributed by atoms with Crippen LogP contribution in [0.25, 0.3) is 0 Å². The number of benzene rings is 3. The van der Waals surface area contributed by atoms with Gasteiger partial charge in [-0.25, -0.2) is 0 Å². The minimum absolute atomic E-state index is 1.15. The van der Waals surface area contributed by atoms with Crippen molar-refractivity contribution in [1.29, 1.82) is 0 Å². The Morgan fingerprint density at radius 2 is 1.00 bits per heavy atom. The van der Waals surface area contributed by atoms with Crippen molar-refractivity contribution in [2.75, 3.05) is 4.23 Å². The van der Waals surface area contributed by atoms with Crippen LogP contribution in [0.2, 0.25) is 26.2 Å². The first-order valence-electron chi connectivity index (χ1n) is 9.92. The summed E-state index contributed by atoms with van der Waals surface area (Å²) in [6, 6.07) is 33.0. The Hall–Kier alpha value is -1.63. The van der Waals surface area contributed by atoms with Crippen molar-refractivity contribution in [2.24, 2.45) is 0 Å². The lowest BCUT2D eigenvalue weighted by Gasteiger charge is -2.50. The lowest BCUT2D eigenvalue weighted by molar-refractivity contribution is 1.18. The van der Waals surface area contributed by atoms with E-state index < -0.39 is 16.5 Å². The third-order valence-electron chi connectivity index (χ3n) is 5.26. The van der Waals surface area contributed by atoms with E-state index >= 15 is 0 Å². The molecule has 4 heteroatoms. The van der Waals surface area contributed by atoms with Gasteiger partial charge < -0.3 is 4.23 Å². The first-order valence-corrected chi connectivity index (χ1v) is 17.0. The van der Waals surface area contributed by atoms with E-state index in [1.165, 1.54) is 21.3 Å². The van der Waals surface area contributed by atoms with Crippen LogP contribution in [0.3, 0.4) is 0 Å². The summed E-state index contributed by atoms with van der Waals surface area (Å²) in [5.74, 6) is 0. The smallest absolute Gasteiger partial charge is 0.146 e. The van der Waals surface area contributed by atoms with Gasteiger partial charge in [0.25, 0.3) is 0 Å². The molecule has 0 N–H and O–H groups in total. The molecule has 3 aromatic carbocycles. The maximum atomic E-state index is 3.86. The normalized spacial score (nSPS) is 12.0. The van der Waals surface area contributed by atoms with Crippen LogP contribution in [0.1, 0.15) is 11.1 Å². The van der Waals surface area contributed by atoms with E-state index in [4.69, 9.17) is 0 Å². The molecule has 0 atom stereocenters. The van der Waals surface area contributed by atoms with Gasteiger partial charge in [-0.05, 0) is 51.3 Å². The molecule has 1 nitrogen and oxygen atoms in total. The maximum absolute atomic E-state index is 3.86. The fraction of sp³-hybridized carbons (Fsp3) is 0.250. The highest BCUT2D eigenvalue weighted by Crippen LogP contribution is 2.36. The standard InChI is InChI=1S/C24H30BrNSi2/c1-27(2,19-21-13-7-5-8-14-21)26(24-18-12-11-17-23(24)25)28(3,4)20-22-15-9-6-10-16-22/h5-18H,19-20H2,1-4H3. The highest BCUT2D eigenvalue weighted by Gasteiger charge is 2.41. The number of nitrogens with zero attached hydrogens (tertiary/aromatic N) is 1. The summed E-state index contributed by atoms with van der Waals surface area (Å²) >= 11 is 3.86. The molecule has 0 aliphatic rings. The van der Waals surface area contributed by atoms with Gasteiger partial charge in [0.2, 0.25) is 0 Å². The molecular weight excluding hydrogens is 438 g/mol. The molecule has 0 aliphatic heterocycles. The van der Waals surface area contributed by atoms with Gasteiger partial charge in [0.05, 0.1) is 0 Å². The van der Waals surface area contributed by atoms with Gasteiger partial charge in [-0.3, -0.25) is 0 Å². The summed E-state index contributed by atoms with van der Waals surface area (Å²) in [4.78, 5) is 0. The maximum Gasteiger partial charge on any atom is 0.146 e. The van der Waals surface area contributed by atoms with Crippen LogP contribution in [0, 0.1) is 0 Å². The minimum Gasteiger partial charge on any atom is -0.423 e. The zero-order valence-corrected chi connectivity index (χ0v) is 20.9. The van der Waals surface area contributed by atoms with Crippen LogP contribution >= 0.6 is 15.9 Å². The fourth-order valence-corrected chi connectivity index (χ4v) is 16.8. The molecule has 28 heavy (non-hydrogen) atoms. The SMILES string of the molecule is C[Si](C)(Cc1ccccc1)N(c1ccccc1Br)[Si](C)(C)Cc1ccccc1. The van der Waals surface area contributed by atoms with Crippen molar-refractivity contribution in [3.63, 3.8) is 0 Å². The van der Waals surface area contributed by atoms with Crippen LogP contribution < -0.4 is 4.23 Å². The van der Waals surface area contributed by atoms with E-state index in [1.54, 1.807) is 0 Å². The van der Waals surface area contributed by atoms with Gasteiger partial charge in [0, 0.05) is 10.2 Å². The molecule has 0 saturated carbocycles. The molecule has 3 aromatic rings. The van der Waals surface area contributed by atoms with E-state index in [-0.39, 0.29) is 0 Å². The van der Waals surface area contributed by atoms with Crippen LogP contribution in [0.4, 0.5) is 5.69 Å². The summed E-state index contributed by atoms with van der Waals surface area (Å²) in [7, 11) is -3.54. The Balaban J connectivity index is 2.03. The third-order valence-corrected chi connectivity index (χ3v) is 15.0.